The van der Waals surface area contributed by atoms with Gasteiger partial charge in [0.1, 0.15) is 12.0 Å². The lowest BCUT2D eigenvalue weighted by Crippen LogP contribution is -2.35. The van der Waals surface area contributed by atoms with Crippen molar-refractivity contribution in [2.75, 3.05) is 11.9 Å². The fourth-order valence-corrected chi connectivity index (χ4v) is 5.75. The topological polar surface area (TPSA) is 75.5 Å². The van der Waals surface area contributed by atoms with Crippen LogP contribution in [0.4, 0.5) is 5.69 Å². The smallest absolute Gasteiger partial charge is 0.196 e. The zero-order valence-electron chi connectivity index (χ0n) is 21.6. The van der Waals surface area contributed by atoms with Crippen molar-refractivity contribution in [1.29, 1.82) is 0 Å². The molecule has 0 saturated heterocycles. The molecule has 194 valence electrons. The average molecular weight is 523 g/mol. The number of benzene rings is 3. The van der Waals surface area contributed by atoms with Crippen LogP contribution in [0.2, 0.25) is 0 Å². The lowest BCUT2D eigenvalue weighted by molar-refractivity contribution is 0.263. The number of nitrogens with zero attached hydrogens (tertiary/aromatic N) is 3. The first-order valence-electron chi connectivity index (χ1n) is 13.4. The van der Waals surface area contributed by atoms with E-state index in [1.165, 1.54) is 0 Å². The van der Waals surface area contributed by atoms with Gasteiger partial charge in [0.2, 0.25) is 0 Å². The number of fused-ring (bicyclic) bond motifs is 5. The van der Waals surface area contributed by atoms with Gasteiger partial charge >= 0.3 is 0 Å². The van der Waals surface area contributed by atoms with Gasteiger partial charge in [0, 0.05) is 47.2 Å². The summed E-state index contributed by atoms with van der Waals surface area (Å²) >= 11 is 0. The van der Waals surface area contributed by atoms with Crippen molar-refractivity contribution >= 4 is 39.0 Å². The SMILES string of the molecule is C1=CC(C2N=C(n3c4ccccc4c4c5c(ccc43)NC(c3ccccc3)O5)C=C(c3ccncc3)N2)=CCN1. The molecule has 0 bridgehead atoms. The molecule has 3 N–H and O–H groups in total. The summed E-state index contributed by atoms with van der Waals surface area (Å²) < 4.78 is 8.85. The molecule has 7 nitrogen and oxygen atoms in total. The highest BCUT2D eigenvalue weighted by atomic mass is 16.5. The van der Waals surface area contributed by atoms with Crippen molar-refractivity contribution in [2.24, 2.45) is 4.99 Å². The Morgan fingerprint density at radius 3 is 2.55 bits per heavy atom. The summed E-state index contributed by atoms with van der Waals surface area (Å²) in [7, 11) is 0. The number of ether oxygens (including phenoxy) is 1. The molecule has 3 aliphatic rings. The number of aromatic nitrogens is 2. The van der Waals surface area contributed by atoms with Gasteiger partial charge in [0.25, 0.3) is 0 Å². The third-order valence-corrected chi connectivity index (χ3v) is 7.63. The fourth-order valence-electron chi connectivity index (χ4n) is 5.75. The molecule has 40 heavy (non-hydrogen) atoms. The standard InChI is InChI=1S/C33H26N6O/c1-2-6-23(7-3-1)33-37-25-10-11-28-30(31(25)40-33)24-8-4-5-9-27(24)39(28)29-20-26(21-12-16-34-17-13-21)36-32(38-29)22-14-18-35-19-15-22/h1-18,20,32-33,35-37H,19H2. The first-order valence-corrected chi connectivity index (χ1v) is 13.4. The van der Waals surface area contributed by atoms with Crippen molar-refractivity contribution in [1.82, 2.24) is 20.2 Å². The second kappa shape index (κ2) is 9.17. The van der Waals surface area contributed by atoms with E-state index in [0.29, 0.717) is 0 Å². The van der Waals surface area contributed by atoms with Gasteiger partial charge < -0.3 is 20.7 Å². The largest absolute Gasteiger partial charge is 0.464 e. The molecule has 0 fully saturated rings. The molecule has 5 heterocycles. The highest BCUT2D eigenvalue weighted by Crippen LogP contribution is 2.47. The van der Waals surface area contributed by atoms with E-state index in [0.717, 1.165) is 68.0 Å². The molecule has 2 unspecified atom stereocenters. The van der Waals surface area contributed by atoms with Crippen molar-refractivity contribution in [3.05, 3.63) is 132 Å². The number of hydrogen-bond acceptors (Lipinski definition) is 6. The maximum absolute atomic E-state index is 6.60. The molecule has 0 saturated carbocycles. The number of aliphatic imine (C=N–C) groups is 1. The van der Waals surface area contributed by atoms with Gasteiger partial charge in [-0.3, -0.25) is 9.55 Å². The summed E-state index contributed by atoms with van der Waals surface area (Å²) in [4.78, 5) is 9.47. The van der Waals surface area contributed by atoms with Crippen LogP contribution in [0.1, 0.15) is 17.4 Å². The van der Waals surface area contributed by atoms with Crippen LogP contribution in [-0.4, -0.2) is 28.1 Å². The van der Waals surface area contributed by atoms with Crippen LogP contribution in [0.25, 0.3) is 27.5 Å². The number of allylic oxidation sites excluding steroid dienone is 1. The van der Waals surface area contributed by atoms with E-state index in [1.807, 2.05) is 48.9 Å². The van der Waals surface area contributed by atoms with Crippen LogP contribution < -0.4 is 20.7 Å². The quantitative estimate of drug-likeness (QED) is 0.273. The minimum atomic E-state index is -0.235. The molecule has 3 aliphatic heterocycles. The zero-order chi connectivity index (χ0) is 26.5. The Kier molecular flexibility index (Phi) is 5.19. The predicted molar refractivity (Wildman–Crippen MR) is 160 cm³/mol. The van der Waals surface area contributed by atoms with E-state index < -0.39 is 0 Å². The van der Waals surface area contributed by atoms with Crippen LogP contribution in [0.5, 0.6) is 5.75 Å². The molecule has 7 heteroatoms. The van der Waals surface area contributed by atoms with Gasteiger partial charge in [0.15, 0.2) is 12.0 Å². The van der Waals surface area contributed by atoms with Gasteiger partial charge in [-0.2, -0.15) is 0 Å². The molecule has 0 radical (unpaired) electrons. The van der Waals surface area contributed by atoms with Crippen LogP contribution in [0.3, 0.4) is 0 Å². The molecule has 2 atom stereocenters. The number of para-hydroxylation sites is 1. The summed E-state index contributed by atoms with van der Waals surface area (Å²) in [5.74, 6) is 1.73. The van der Waals surface area contributed by atoms with Crippen molar-refractivity contribution in [3.8, 4) is 5.75 Å². The van der Waals surface area contributed by atoms with Gasteiger partial charge in [-0.15, -0.1) is 0 Å². The van der Waals surface area contributed by atoms with E-state index in [-0.39, 0.29) is 12.4 Å². The maximum Gasteiger partial charge on any atom is 0.196 e. The second-order valence-corrected chi connectivity index (χ2v) is 10.0. The lowest BCUT2D eigenvalue weighted by atomic mass is 10.1. The minimum Gasteiger partial charge on any atom is -0.464 e. The van der Waals surface area contributed by atoms with E-state index in [1.54, 1.807) is 0 Å². The van der Waals surface area contributed by atoms with Crippen LogP contribution in [0, 0.1) is 0 Å². The number of rotatable bonds is 3. The van der Waals surface area contributed by atoms with E-state index in [9.17, 15) is 0 Å². The molecule has 8 rings (SSSR count). The Labute approximate surface area is 231 Å². The van der Waals surface area contributed by atoms with Gasteiger partial charge in [0.05, 0.1) is 22.1 Å². The molecular weight excluding hydrogens is 496 g/mol. The van der Waals surface area contributed by atoms with E-state index in [4.69, 9.17) is 9.73 Å². The monoisotopic (exact) mass is 522 g/mol. The molecule has 3 aromatic carbocycles. The molecule has 0 amide bonds. The minimum absolute atomic E-state index is 0.229. The molecule has 0 spiro atoms. The Morgan fingerprint density at radius 2 is 1.70 bits per heavy atom. The first kappa shape index (κ1) is 22.7. The summed E-state index contributed by atoms with van der Waals surface area (Å²) in [5, 5.41) is 12.7. The fraction of sp³-hybridized carbons (Fsp3) is 0.0909. The molecule has 2 aromatic heterocycles. The number of dihydropyridines is 1. The lowest BCUT2D eigenvalue weighted by Gasteiger charge is -2.27. The summed E-state index contributed by atoms with van der Waals surface area (Å²) in [6.45, 7) is 0.775. The maximum atomic E-state index is 6.60. The third kappa shape index (κ3) is 3.66. The van der Waals surface area contributed by atoms with Crippen LogP contribution >= 0.6 is 0 Å². The Morgan fingerprint density at radius 1 is 0.850 bits per heavy atom. The average Bonchev–Trinajstić information content (AvgIpc) is 3.62. The van der Waals surface area contributed by atoms with Crippen molar-refractivity contribution in [3.63, 3.8) is 0 Å². The Bertz CT molecular complexity index is 1880. The summed E-state index contributed by atoms with van der Waals surface area (Å²) in [6, 6.07) is 27.1. The number of hydrogen-bond donors (Lipinski definition) is 3. The van der Waals surface area contributed by atoms with Crippen molar-refractivity contribution < 1.29 is 4.74 Å². The normalized spacial score (nSPS) is 19.6. The Hall–Kier alpha value is -5.30. The number of anilines is 1. The molecular formula is C33H26N6O. The highest BCUT2D eigenvalue weighted by Gasteiger charge is 2.29. The first-order chi connectivity index (χ1) is 19.8. The Balaban J connectivity index is 1.32. The number of nitrogens with one attached hydrogen (secondary N) is 3. The van der Waals surface area contributed by atoms with Crippen molar-refractivity contribution in [2.45, 2.75) is 12.4 Å². The number of pyridine rings is 1. The second-order valence-electron chi connectivity index (χ2n) is 10.0. The predicted octanol–water partition coefficient (Wildman–Crippen LogP) is 5.95. The molecule has 5 aromatic rings. The summed E-state index contributed by atoms with van der Waals surface area (Å²) in [5.41, 5.74) is 7.40. The van der Waals surface area contributed by atoms with E-state index >= 15 is 0 Å². The van der Waals surface area contributed by atoms with Gasteiger partial charge in [-0.1, -0.05) is 54.6 Å². The molecule has 0 aliphatic carbocycles. The summed E-state index contributed by atoms with van der Waals surface area (Å²) in [6.07, 6.45) is 11.5. The van der Waals surface area contributed by atoms with Gasteiger partial charge in [-0.25, -0.2) is 4.99 Å². The van der Waals surface area contributed by atoms with Gasteiger partial charge in [-0.05, 0) is 48.2 Å². The third-order valence-electron chi connectivity index (χ3n) is 7.63. The highest BCUT2D eigenvalue weighted by molar-refractivity contribution is 6.20. The zero-order valence-corrected chi connectivity index (χ0v) is 21.6. The van der Waals surface area contributed by atoms with Crippen LogP contribution in [-0.2, 0) is 0 Å². The van der Waals surface area contributed by atoms with Crippen LogP contribution in [0.15, 0.2) is 126 Å². The van der Waals surface area contributed by atoms with E-state index in [2.05, 4.69) is 92.3 Å².